The fraction of sp³-hybridized carbons (Fsp3) is 0.529. The monoisotopic (exact) mass is 284 g/mol. The molecular weight excluding hydrogens is 260 g/mol. The van der Waals surface area contributed by atoms with E-state index in [9.17, 15) is 0 Å². The molecule has 1 fully saturated rings. The number of benzene rings is 1. The van der Waals surface area contributed by atoms with Gasteiger partial charge in [0.1, 0.15) is 5.82 Å². The summed E-state index contributed by atoms with van der Waals surface area (Å²) in [4.78, 5) is 9.33. The van der Waals surface area contributed by atoms with Crippen LogP contribution >= 0.6 is 0 Å². The highest BCUT2D eigenvalue weighted by atomic mass is 15.0. The summed E-state index contributed by atoms with van der Waals surface area (Å²) in [5, 5.41) is 3.51. The van der Waals surface area contributed by atoms with Gasteiger partial charge in [-0.15, -0.1) is 0 Å². The fourth-order valence-corrected chi connectivity index (χ4v) is 3.35. The van der Waals surface area contributed by atoms with Gasteiger partial charge in [0, 0.05) is 6.54 Å². The first kappa shape index (κ1) is 14.3. The molecule has 0 saturated heterocycles. The molecule has 0 bridgehead atoms. The van der Waals surface area contributed by atoms with E-state index in [0.717, 1.165) is 35.6 Å². The first-order valence-electron chi connectivity index (χ1n) is 7.95. The van der Waals surface area contributed by atoms with Gasteiger partial charge < -0.3 is 11.1 Å². The molecule has 0 aliphatic heterocycles. The van der Waals surface area contributed by atoms with E-state index in [0.29, 0.717) is 11.8 Å². The third-order valence-corrected chi connectivity index (χ3v) is 4.65. The lowest BCUT2D eigenvalue weighted by atomic mass is 9.79. The molecule has 1 aromatic carbocycles. The number of nitrogens with one attached hydrogen (secondary N) is 1. The SMILES string of the molecule is Cc1nc2ccccc2nc1NCC1CCCCC1CN. The third-order valence-electron chi connectivity index (χ3n) is 4.65. The highest BCUT2D eigenvalue weighted by molar-refractivity contribution is 5.76. The lowest BCUT2D eigenvalue weighted by Gasteiger charge is -2.31. The smallest absolute Gasteiger partial charge is 0.148 e. The molecule has 1 aliphatic carbocycles. The molecule has 2 atom stereocenters. The van der Waals surface area contributed by atoms with Gasteiger partial charge in [-0.25, -0.2) is 9.97 Å². The summed E-state index contributed by atoms with van der Waals surface area (Å²) in [5.74, 6) is 2.23. The molecule has 0 spiro atoms. The predicted molar refractivity (Wildman–Crippen MR) is 87.3 cm³/mol. The molecular formula is C17H24N4. The average Bonchev–Trinajstić information content (AvgIpc) is 2.53. The molecule has 112 valence electrons. The van der Waals surface area contributed by atoms with Crippen molar-refractivity contribution in [3.63, 3.8) is 0 Å². The van der Waals surface area contributed by atoms with Gasteiger partial charge in [-0.05, 0) is 50.3 Å². The normalized spacial score (nSPS) is 22.4. The second-order valence-electron chi connectivity index (χ2n) is 6.07. The Balaban J connectivity index is 1.73. The van der Waals surface area contributed by atoms with E-state index in [1.165, 1.54) is 25.7 Å². The number of anilines is 1. The van der Waals surface area contributed by atoms with Crippen molar-refractivity contribution < 1.29 is 0 Å². The van der Waals surface area contributed by atoms with Gasteiger partial charge in [0.15, 0.2) is 0 Å². The van der Waals surface area contributed by atoms with Crippen molar-refractivity contribution in [3.05, 3.63) is 30.0 Å². The zero-order valence-corrected chi connectivity index (χ0v) is 12.7. The molecule has 3 N–H and O–H groups in total. The van der Waals surface area contributed by atoms with Crippen LogP contribution in [-0.2, 0) is 0 Å². The first-order valence-corrected chi connectivity index (χ1v) is 7.95. The Morgan fingerprint density at radius 1 is 1.10 bits per heavy atom. The third kappa shape index (κ3) is 3.16. The van der Waals surface area contributed by atoms with E-state index < -0.39 is 0 Å². The van der Waals surface area contributed by atoms with Crippen LogP contribution in [0.15, 0.2) is 24.3 Å². The Kier molecular flexibility index (Phi) is 4.34. The summed E-state index contributed by atoms with van der Waals surface area (Å²) in [6, 6.07) is 8.01. The zero-order chi connectivity index (χ0) is 14.7. The van der Waals surface area contributed by atoms with Crippen LogP contribution in [0.5, 0.6) is 0 Å². The van der Waals surface area contributed by atoms with Crippen LogP contribution in [-0.4, -0.2) is 23.1 Å². The lowest BCUT2D eigenvalue weighted by Crippen LogP contribution is -2.31. The Bertz CT molecular complexity index is 611. The van der Waals surface area contributed by atoms with Gasteiger partial charge in [0.25, 0.3) is 0 Å². The van der Waals surface area contributed by atoms with Crippen molar-refractivity contribution in [2.24, 2.45) is 17.6 Å². The topological polar surface area (TPSA) is 63.8 Å². The van der Waals surface area contributed by atoms with E-state index in [-0.39, 0.29) is 0 Å². The minimum Gasteiger partial charge on any atom is -0.368 e. The Morgan fingerprint density at radius 2 is 1.76 bits per heavy atom. The van der Waals surface area contributed by atoms with Crippen molar-refractivity contribution in [1.82, 2.24) is 9.97 Å². The number of aromatic nitrogens is 2. The zero-order valence-electron chi connectivity index (χ0n) is 12.7. The number of fused-ring (bicyclic) bond motifs is 1. The average molecular weight is 284 g/mol. The van der Waals surface area contributed by atoms with Crippen molar-refractivity contribution in [2.75, 3.05) is 18.4 Å². The van der Waals surface area contributed by atoms with Crippen LogP contribution in [0.3, 0.4) is 0 Å². The minimum atomic E-state index is 0.653. The molecule has 2 aromatic rings. The van der Waals surface area contributed by atoms with Crippen molar-refractivity contribution in [3.8, 4) is 0 Å². The van der Waals surface area contributed by atoms with Crippen LogP contribution in [0.4, 0.5) is 5.82 Å². The molecule has 1 aromatic heterocycles. The summed E-state index contributed by atoms with van der Waals surface area (Å²) < 4.78 is 0. The Labute approximate surface area is 126 Å². The fourth-order valence-electron chi connectivity index (χ4n) is 3.35. The van der Waals surface area contributed by atoms with Crippen LogP contribution in [0.25, 0.3) is 11.0 Å². The first-order chi connectivity index (χ1) is 10.3. The number of nitrogens with two attached hydrogens (primary N) is 1. The van der Waals surface area contributed by atoms with Crippen molar-refractivity contribution in [2.45, 2.75) is 32.6 Å². The molecule has 4 nitrogen and oxygen atoms in total. The molecule has 0 amide bonds. The molecule has 3 rings (SSSR count). The molecule has 1 saturated carbocycles. The highest BCUT2D eigenvalue weighted by Gasteiger charge is 2.23. The van der Waals surface area contributed by atoms with Gasteiger partial charge >= 0.3 is 0 Å². The summed E-state index contributed by atoms with van der Waals surface area (Å²) in [6.07, 6.45) is 5.19. The summed E-state index contributed by atoms with van der Waals surface area (Å²) in [6.45, 7) is 3.77. The minimum absolute atomic E-state index is 0.653. The van der Waals surface area contributed by atoms with E-state index in [4.69, 9.17) is 10.7 Å². The van der Waals surface area contributed by atoms with E-state index in [1.54, 1.807) is 0 Å². The Morgan fingerprint density at radius 3 is 2.48 bits per heavy atom. The lowest BCUT2D eigenvalue weighted by molar-refractivity contribution is 0.255. The predicted octanol–water partition coefficient (Wildman–Crippen LogP) is 3.12. The van der Waals surface area contributed by atoms with Crippen molar-refractivity contribution in [1.29, 1.82) is 0 Å². The summed E-state index contributed by atoms with van der Waals surface area (Å²) >= 11 is 0. The van der Waals surface area contributed by atoms with Crippen molar-refractivity contribution >= 4 is 16.9 Å². The van der Waals surface area contributed by atoms with Crippen LogP contribution in [0.1, 0.15) is 31.4 Å². The second kappa shape index (κ2) is 6.39. The summed E-state index contributed by atoms with van der Waals surface area (Å²) in [5.41, 5.74) is 8.78. The number of rotatable bonds is 4. The number of hydrogen-bond donors (Lipinski definition) is 2. The molecule has 1 heterocycles. The van der Waals surface area contributed by atoms with Crippen LogP contribution in [0, 0.1) is 18.8 Å². The standard InChI is InChI=1S/C17H24N4/c1-12-17(21-16-9-5-4-8-15(16)20-12)19-11-14-7-3-2-6-13(14)10-18/h4-5,8-9,13-14H,2-3,6-7,10-11,18H2,1H3,(H,19,21). The quantitative estimate of drug-likeness (QED) is 0.905. The van der Waals surface area contributed by atoms with E-state index in [1.807, 2.05) is 31.2 Å². The van der Waals surface area contributed by atoms with E-state index >= 15 is 0 Å². The molecule has 0 radical (unpaired) electrons. The van der Waals surface area contributed by atoms with Gasteiger partial charge in [-0.1, -0.05) is 25.0 Å². The maximum absolute atomic E-state index is 5.91. The van der Waals surface area contributed by atoms with Gasteiger partial charge in [-0.2, -0.15) is 0 Å². The Hall–Kier alpha value is -1.68. The van der Waals surface area contributed by atoms with Crippen LogP contribution in [0.2, 0.25) is 0 Å². The maximum Gasteiger partial charge on any atom is 0.148 e. The molecule has 1 aliphatic rings. The number of para-hydroxylation sites is 2. The van der Waals surface area contributed by atoms with Crippen LogP contribution < -0.4 is 11.1 Å². The number of nitrogens with zero attached hydrogens (tertiary/aromatic N) is 2. The molecule has 21 heavy (non-hydrogen) atoms. The maximum atomic E-state index is 5.91. The largest absolute Gasteiger partial charge is 0.368 e. The van der Waals surface area contributed by atoms with E-state index in [2.05, 4.69) is 10.3 Å². The summed E-state index contributed by atoms with van der Waals surface area (Å²) in [7, 11) is 0. The molecule has 2 unspecified atom stereocenters. The number of hydrogen-bond acceptors (Lipinski definition) is 4. The van der Waals surface area contributed by atoms with Gasteiger partial charge in [0.05, 0.1) is 16.7 Å². The molecule has 4 heteroatoms. The second-order valence-corrected chi connectivity index (χ2v) is 6.07. The number of aryl methyl sites for hydroxylation is 1. The van der Waals surface area contributed by atoms with Gasteiger partial charge in [-0.3, -0.25) is 0 Å². The highest BCUT2D eigenvalue weighted by Crippen LogP contribution is 2.29. The van der Waals surface area contributed by atoms with Gasteiger partial charge in [0.2, 0.25) is 0 Å².